The zero-order valence-corrected chi connectivity index (χ0v) is 9.96. The normalized spacial score (nSPS) is 12.2. The minimum Gasteiger partial charge on any atom is -0.466 e. The second-order valence-electron chi connectivity index (χ2n) is 3.00. The summed E-state index contributed by atoms with van der Waals surface area (Å²) in [7, 11) is 0. The maximum Gasteiger partial charge on any atom is 0.309 e. The van der Waals surface area contributed by atoms with E-state index in [1.807, 2.05) is 0 Å². The van der Waals surface area contributed by atoms with Crippen molar-refractivity contribution in [2.75, 3.05) is 6.61 Å². The molecule has 1 rings (SSSR count). The minimum atomic E-state index is -1.32. The van der Waals surface area contributed by atoms with Crippen LogP contribution < -0.4 is 0 Å². The van der Waals surface area contributed by atoms with Crippen LogP contribution in [-0.2, 0) is 9.53 Å². The van der Waals surface area contributed by atoms with Gasteiger partial charge in [-0.15, -0.1) is 0 Å². The second kappa shape index (κ2) is 5.85. The first kappa shape index (κ1) is 12.2. The van der Waals surface area contributed by atoms with Crippen LogP contribution in [0.15, 0.2) is 28.7 Å². The fourth-order valence-electron chi connectivity index (χ4n) is 1.21. The summed E-state index contributed by atoms with van der Waals surface area (Å²) in [6.45, 7) is 1.98. The number of halogens is 2. The molecule has 82 valence electrons. The Morgan fingerprint density at radius 1 is 1.53 bits per heavy atom. The molecule has 0 aliphatic heterocycles. The van der Waals surface area contributed by atoms with E-state index in [1.54, 1.807) is 31.2 Å². The maximum absolute atomic E-state index is 13.6. The van der Waals surface area contributed by atoms with Crippen molar-refractivity contribution in [3.8, 4) is 0 Å². The molecule has 2 nitrogen and oxygen atoms in total. The third-order valence-corrected chi connectivity index (χ3v) is 2.62. The average molecular weight is 275 g/mol. The molecule has 0 spiro atoms. The zero-order chi connectivity index (χ0) is 11.3. The molecular weight excluding hydrogens is 263 g/mol. The van der Waals surface area contributed by atoms with E-state index in [2.05, 4.69) is 20.7 Å². The molecule has 1 unspecified atom stereocenters. The van der Waals surface area contributed by atoms with Crippen molar-refractivity contribution in [3.63, 3.8) is 0 Å². The first-order valence-electron chi connectivity index (χ1n) is 4.69. The number of hydrogen-bond donors (Lipinski definition) is 0. The lowest BCUT2D eigenvalue weighted by atomic mass is 10.1. The van der Waals surface area contributed by atoms with Gasteiger partial charge in [-0.2, -0.15) is 0 Å². The van der Waals surface area contributed by atoms with Crippen LogP contribution in [0.1, 0.15) is 25.1 Å². The highest BCUT2D eigenvalue weighted by atomic mass is 79.9. The molecule has 15 heavy (non-hydrogen) atoms. The van der Waals surface area contributed by atoms with Gasteiger partial charge in [-0.1, -0.05) is 34.1 Å². The summed E-state index contributed by atoms with van der Waals surface area (Å²) in [6, 6.07) is 6.92. The highest BCUT2D eigenvalue weighted by Crippen LogP contribution is 2.28. The standard InChI is InChI=1S/C11H12BrFO2/c1-2-15-11(14)7-10(13)8-5-3-4-6-9(8)12/h3-6,10H,2,7H2,1H3. The largest absolute Gasteiger partial charge is 0.466 e. The Bertz CT molecular complexity index is 341. The highest BCUT2D eigenvalue weighted by Gasteiger charge is 2.17. The van der Waals surface area contributed by atoms with E-state index in [-0.39, 0.29) is 13.0 Å². The first-order chi connectivity index (χ1) is 7.15. The topological polar surface area (TPSA) is 26.3 Å². The summed E-state index contributed by atoms with van der Waals surface area (Å²) >= 11 is 3.23. The predicted octanol–water partition coefficient (Wildman–Crippen LogP) is 3.41. The van der Waals surface area contributed by atoms with E-state index >= 15 is 0 Å². The van der Waals surface area contributed by atoms with Gasteiger partial charge in [0.25, 0.3) is 0 Å². The number of esters is 1. The molecule has 0 aromatic heterocycles. The van der Waals surface area contributed by atoms with E-state index in [0.717, 1.165) is 0 Å². The van der Waals surface area contributed by atoms with Gasteiger partial charge in [-0.3, -0.25) is 4.79 Å². The summed E-state index contributed by atoms with van der Waals surface area (Å²) in [5, 5.41) is 0. The maximum atomic E-state index is 13.6. The molecular formula is C11H12BrFO2. The quantitative estimate of drug-likeness (QED) is 0.787. The molecule has 0 heterocycles. The second-order valence-corrected chi connectivity index (χ2v) is 3.85. The number of ether oxygens (including phenoxy) is 1. The smallest absolute Gasteiger partial charge is 0.309 e. The van der Waals surface area contributed by atoms with Gasteiger partial charge in [0.05, 0.1) is 13.0 Å². The van der Waals surface area contributed by atoms with Gasteiger partial charge in [0.15, 0.2) is 0 Å². The van der Waals surface area contributed by atoms with E-state index in [0.29, 0.717) is 10.0 Å². The Hall–Kier alpha value is -0.900. The lowest BCUT2D eigenvalue weighted by molar-refractivity contribution is -0.144. The molecule has 1 aromatic carbocycles. The van der Waals surface area contributed by atoms with Gasteiger partial charge >= 0.3 is 5.97 Å². The van der Waals surface area contributed by atoms with Gasteiger partial charge in [0.2, 0.25) is 0 Å². The van der Waals surface area contributed by atoms with Crippen LogP contribution in [0.3, 0.4) is 0 Å². The predicted molar refractivity (Wildman–Crippen MR) is 59.2 cm³/mol. The number of alkyl halides is 1. The van der Waals surface area contributed by atoms with Crippen LogP contribution in [0.5, 0.6) is 0 Å². The molecule has 1 aromatic rings. The summed E-state index contributed by atoms with van der Waals surface area (Å²) in [5.41, 5.74) is 0.477. The molecule has 0 saturated carbocycles. The van der Waals surface area contributed by atoms with Gasteiger partial charge < -0.3 is 4.74 Å². The number of carbonyl (C=O) groups excluding carboxylic acids is 1. The molecule has 0 fully saturated rings. The van der Waals surface area contributed by atoms with Crippen molar-refractivity contribution in [1.82, 2.24) is 0 Å². The van der Waals surface area contributed by atoms with Crippen molar-refractivity contribution < 1.29 is 13.9 Å². The highest BCUT2D eigenvalue weighted by molar-refractivity contribution is 9.10. The van der Waals surface area contributed by atoms with Gasteiger partial charge in [0.1, 0.15) is 6.17 Å². The minimum absolute atomic E-state index is 0.240. The Morgan fingerprint density at radius 3 is 2.80 bits per heavy atom. The number of hydrogen-bond acceptors (Lipinski definition) is 2. The zero-order valence-electron chi connectivity index (χ0n) is 8.37. The van der Waals surface area contributed by atoms with Crippen molar-refractivity contribution in [1.29, 1.82) is 0 Å². The van der Waals surface area contributed by atoms with Crippen LogP contribution in [0, 0.1) is 0 Å². The van der Waals surface area contributed by atoms with Crippen molar-refractivity contribution in [3.05, 3.63) is 34.3 Å². The molecule has 0 radical (unpaired) electrons. The Balaban J connectivity index is 2.65. The Labute approximate surface area is 96.6 Å². The van der Waals surface area contributed by atoms with E-state index in [1.165, 1.54) is 0 Å². The van der Waals surface area contributed by atoms with Gasteiger partial charge in [-0.25, -0.2) is 4.39 Å². The first-order valence-corrected chi connectivity index (χ1v) is 5.48. The fraction of sp³-hybridized carbons (Fsp3) is 0.364. The average Bonchev–Trinajstić information content (AvgIpc) is 2.18. The van der Waals surface area contributed by atoms with Gasteiger partial charge in [-0.05, 0) is 13.0 Å². The molecule has 0 aliphatic rings. The van der Waals surface area contributed by atoms with Crippen molar-refractivity contribution in [2.24, 2.45) is 0 Å². The van der Waals surface area contributed by atoms with Crippen LogP contribution in [-0.4, -0.2) is 12.6 Å². The third kappa shape index (κ3) is 3.63. The SMILES string of the molecule is CCOC(=O)CC(F)c1ccccc1Br. The summed E-state index contributed by atoms with van der Waals surface area (Å²) in [6.07, 6.45) is -1.56. The summed E-state index contributed by atoms with van der Waals surface area (Å²) in [4.78, 5) is 11.1. The fourth-order valence-corrected chi connectivity index (χ4v) is 1.74. The van der Waals surface area contributed by atoms with E-state index in [9.17, 15) is 9.18 Å². The number of rotatable bonds is 4. The molecule has 0 N–H and O–H groups in total. The molecule has 0 bridgehead atoms. The van der Waals surface area contributed by atoms with Crippen molar-refractivity contribution in [2.45, 2.75) is 19.5 Å². The summed E-state index contributed by atoms with van der Waals surface area (Å²) < 4.78 is 19.0. The van der Waals surface area contributed by atoms with E-state index < -0.39 is 12.1 Å². The molecule has 0 aliphatic carbocycles. The number of carbonyl (C=O) groups is 1. The Kier molecular flexibility index (Phi) is 4.75. The molecule has 0 amide bonds. The van der Waals surface area contributed by atoms with Crippen LogP contribution in [0.25, 0.3) is 0 Å². The molecule has 4 heteroatoms. The van der Waals surface area contributed by atoms with Crippen molar-refractivity contribution >= 4 is 21.9 Å². The third-order valence-electron chi connectivity index (χ3n) is 1.89. The monoisotopic (exact) mass is 274 g/mol. The Morgan fingerprint density at radius 2 is 2.20 bits per heavy atom. The lowest BCUT2D eigenvalue weighted by Crippen LogP contribution is -2.07. The molecule has 0 saturated heterocycles. The lowest BCUT2D eigenvalue weighted by Gasteiger charge is -2.09. The van der Waals surface area contributed by atoms with Crippen LogP contribution in [0.4, 0.5) is 4.39 Å². The number of benzene rings is 1. The van der Waals surface area contributed by atoms with Crippen LogP contribution in [0.2, 0.25) is 0 Å². The van der Waals surface area contributed by atoms with Crippen LogP contribution >= 0.6 is 15.9 Å². The molecule has 1 atom stereocenters. The summed E-state index contributed by atoms with van der Waals surface area (Å²) in [5.74, 6) is -0.513. The van der Waals surface area contributed by atoms with Gasteiger partial charge in [0, 0.05) is 10.0 Å². The van der Waals surface area contributed by atoms with E-state index in [4.69, 9.17) is 0 Å².